The first-order chi connectivity index (χ1) is 15.3. The summed E-state index contributed by atoms with van der Waals surface area (Å²) in [5.41, 5.74) is 1.19. The van der Waals surface area contributed by atoms with Crippen molar-refractivity contribution in [1.29, 1.82) is 0 Å². The van der Waals surface area contributed by atoms with Gasteiger partial charge in [0.1, 0.15) is 11.2 Å². The number of hydrogen-bond acceptors (Lipinski definition) is 3. The van der Waals surface area contributed by atoms with Gasteiger partial charge in [0.15, 0.2) is 5.88 Å². The molecule has 0 bridgehead atoms. The van der Waals surface area contributed by atoms with Gasteiger partial charge in [-0.3, -0.25) is 0 Å². The van der Waals surface area contributed by atoms with Crippen molar-refractivity contribution in [3.8, 4) is 5.88 Å². The lowest BCUT2D eigenvalue weighted by Crippen LogP contribution is -2.55. The fourth-order valence-electron chi connectivity index (χ4n) is 5.77. The van der Waals surface area contributed by atoms with E-state index in [1.54, 1.807) is 13.8 Å². The van der Waals surface area contributed by atoms with Crippen LogP contribution in [0.2, 0.25) is 0 Å². The van der Waals surface area contributed by atoms with Crippen molar-refractivity contribution in [1.82, 2.24) is 14.1 Å². The number of fused-ring (bicyclic) bond motifs is 9. The lowest BCUT2D eigenvalue weighted by molar-refractivity contribution is -0.145. The molecule has 0 radical (unpaired) electrons. The first-order valence-corrected chi connectivity index (χ1v) is 10.9. The number of aromatic amines is 1. The number of aliphatic hydroxyl groups is 2. The zero-order chi connectivity index (χ0) is 22.0. The Labute approximate surface area is 182 Å². The summed E-state index contributed by atoms with van der Waals surface area (Å²) in [4.78, 5) is 3.03. The highest BCUT2D eigenvalue weighted by molar-refractivity contribution is 6.36. The summed E-state index contributed by atoms with van der Waals surface area (Å²) in [6.07, 6.45) is 1.87. The summed E-state index contributed by atoms with van der Waals surface area (Å²) in [6, 6.07) is 16.2. The van der Waals surface area contributed by atoms with E-state index in [1.165, 1.54) is 0 Å². The van der Waals surface area contributed by atoms with Crippen molar-refractivity contribution in [2.45, 2.75) is 38.1 Å². The molecule has 0 amide bonds. The average Bonchev–Trinajstić information content (AvgIpc) is 3.39. The van der Waals surface area contributed by atoms with Gasteiger partial charge >= 0.3 is 0 Å². The standard InChI is InChI=1S/C26H23N3O3/c1-25(31)12-28-17-9-5-3-7-14(17)19-16-11-27-24(30)21(16)20-15-8-4-6-10-18(15)29(13-26(25,2)32)23(20)22(19)28/h3-11,27,30-32H,12-13H2,1-2H3. The molecule has 0 aliphatic carbocycles. The Hall–Kier alpha value is -3.48. The molecule has 4 N–H and O–H groups in total. The lowest BCUT2D eigenvalue weighted by atomic mass is 9.85. The number of para-hydroxylation sites is 2. The summed E-state index contributed by atoms with van der Waals surface area (Å²) in [5, 5.41) is 39.7. The van der Waals surface area contributed by atoms with E-state index >= 15 is 0 Å². The second kappa shape index (κ2) is 5.46. The highest BCUT2D eigenvalue weighted by Crippen LogP contribution is 2.49. The van der Waals surface area contributed by atoms with Crippen LogP contribution in [0.15, 0.2) is 54.7 Å². The van der Waals surface area contributed by atoms with Crippen molar-refractivity contribution >= 4 is 54.4 Å². The Kier molecular flexibility index (Phi) is 3.09. The summed E-state index contributed by atoms with van der Waals surface area (Å²) < 4.78 is 4.25. The van der Waals surface area contributed by atoms with E-state index in [2.05, 4.69) is 32.3 Å². The molecule has 1 aliphatic heterocycles. The Bertz CT molecular complexity index is 1750. The molecule has 0 saturated carbocycles. The van der Waals surface area contributed by atoms with Gasteiger partial charge in [-0.15, -0.1) is 0 Å². The van der Waals surface area contributed by atoms with Crippen LogP contribution >= 0.6 is 0 Å². The van der Waals surface area contributed by atoms with Crippen molar-refractivity contribution in [3.63, 3.8) is 0 Å². The highest BCUT2D eigenvalue weighted by Gasteiger charge is 2.45. The topological polar surface area (TPSA) is 86.3 Å². The number of aromatic nitrogens is 3. The van der Waals surface area contributed by atoms with E-state index in [1.807, 2.05) is 36.5 Å². The van der Waals surface area contributed by atoms with Crippen molar-refractivity contribution < 1.29 is 15.3 Å². The SMILES string of the molecule is CC1(O)Cn2c3ccccc3c3c4c[nH]c(O)c4c4c5ccccc5n(c4c32)CC1(C)O. The van der Waals surface area contributed by atoms with Crippen LogP contribution in [0.25, 0.3) is 54.4 Å². The summed E-state index contributed by atoms with van der Waals surface area (Å²) >= 11 is 0. The van der Waals surface area contributed by atoms with Gasteiger partial charge in [-0.25, -0.2) is 0 Å². The monoisotopic (exact) mass is 425 g/mol. The third-order valence-electron chi connectivity index (χ3n) is 7.64. The quantitative estimate of drug-likeness (QED) is 0.287. The number of nitrogens with one attached hydrogen (secondary N) is 1. The maximum absolute atomic E-state index is 11.5. The fourth-order valence-corrected chi connectivity index (χ4v) is 5.77. The molecule has 4 heterocycles. The maximum Gasteiger partial charge on any atom is 0.197 e. The molecule has 3 aromatic heterocycles. The van der Waals surface area contributed by atoms with Crippen LogP contribution in [0.1, 0.15) is 13.8 Å². The predicted molar refractivity (Wildman–Crippen MR) is 127 cm³/mol. The Morgan fingerprint density at radius 2 is 1.22 bits per heavy atom. The van der Waals surface area contributed by atoms with E-state index in [9.17, 15) is 15.3 Å². The van der Waals surface area contributed by atoms with Crippen LogP contribution in [0.4, 0.5) is 0 Å². The molecular weight excluding hydrogens is 402 g/mol. The maximum atomic E-state index is 11.5. The number of benzene rings is 3. The molecule has 0 spiro atoms. The van der Waals surface area contributed by atoms with E-state index < -0.39 is 11.2 Å². The van der Waals surface area contributed by atoms with E-state index in [-0.39, 0.29) is 19.0 Å². The van der Waals surface area contributed by atoms with Gasteiger partial charge in [0.2, 0.25) is 0 Å². The van der Waals surface area contributed by atoms with Crippen molar-refractivity contribution in [2.75, 3.05) is 0 Å². The zero-order valence-corrected chi connectivity index (χ0v) is 17.8. The third-order valence-corrected chi connectivity index (χ3v) is 7.64. The second-order valence-electron chi connectivity index (χ2n) is 9.63. The largest absolute Gasteiger partial charge is 0.494 e. The summed E-state index contributed by atoms with van der Waals surface area (Å²) in [6.45, 7) is 3.90. The highest BCUT2D eigenvalue weighted by atomic mass is 16.4. The van der Waals surface area contributed by atoms with Crippen molar-refractivity contribution in [3.05, 3.63) is 54.7 Å². The third kappa shape index (κ3) is 1.93. The number of rotatable bonds is 0. The van der Waals surface area contributed by atoms with Crippen LogP contribution < -0.4 is 0 Å². The van der Waals surface area contributed by atoms with Gasteiger partial charge in [-0.1, -0.05) is 36.4 Å². The zero-order valence-electron chi connectivity index (χ0n) is 17.8. The molecule has 2 unspecified atom stereocenters. The predicted octanol–water partition coefficient (Wildman–Crippen LogP) is 4.60. The van der Waals surface area contributed by atoms with Gasteiger partial charge in [-0.2, -0.15) is 0 Å². The van der Waals surface area contributed by atoms with Crippen LogP contribution in [0.3, 0.4) is 0 Å². The molecule has 160 valence electrons. The second-order valence-corrected chi connectivity index (χ2v) is 9.63. The van der Waals surface area contributed by atoms with Gasteiger partial charge < -0.3 is 29.4 Å². The minimum atomic E-state index is -1.38. The minimum Gasteiger partial charge on any atom is -0.494 e. The Morgan fingerprint density at radius 3 is 1.81 bits per heavy atom. The number of nitrogens with zero attached hydrogens (tertiary/aromatic N) is 2. The van der Waals surface area contributed by atoms with E-state index in [4.69, 9.17) is 0 Å². The molecule has 32 heavy (non-hydrogen) atoms. The minimum absolute atomic E-state index is 0.141. The van der Waals surface area contributed by atoms with Crippen LogP contribution in [-0.4, -0.2) is 40.6 Å². The molecule has 6 heteroatoms. The Balaban J connectivity index is 1.91. The van der Waals surface area contributed by atoms with Crippen LogP contribution in [0, 0.1) is 0 Å². The van der Waals surface area contributed by atoms with E-state index in [0.29, 0.717) is 0 Å². The molecule has 6 nitrogen and oxygen atoms in total. The molecule has 1 aliphatic rings. The van der Waals surface area contributed by atoms with Crippen molar-refractivity contribution in [2.24, 2.45) is 0 Å². The van der Waals surface area contributed by atoms with Gasteiger partial charge in [0, 0.05) is 44.2 Å². The Morgan fingerprint density at radius 1 is 0.719 bits per heavy atom. The molecule has 0 fully saturated rings. The first kappa shape index (κ1) is 18.1. The molecule has 6 aromatic rings. The smallest absolute Gasteiger partial charge is 0.197 e. The molecule has 7 rings (SSSR count). The molecular formula is C26H23N3O3. The number of aromatic hydroxyl groups is 1. The summed E-state index contributed by atoms with van der Waals surface area (Å²) in [5.74, 6) is 0.141. The average molecular weight is 425 g/mol. The molecule has 3 aromatic carbocycles. The van der Waals surface area contributed by atoms with Gasteiger partial charge in [0.25, 0.3) is 0 Å². The van der Waals surface area contributed by atoms with Gasteiger partial charge in [0.05, 0.1) is 29.5 Å². The number of hydrogen-bond donors (Lipinski definition) is 4. The van der Waals surface area contributed by atoms with Crippen LogP contribution in [-0.2, 0) is 13.1 Å². The number of H-pyrrole nitrogens is 1. The van der Waals surface area contributed by atoms with Gasteiger partial charge in [-0.05, 0) is 26.0 Å². The lowest BCUT2D eigenvalue weighted by Gasteiger charge is -2.41. The molecule has 2 atom stereocenters. The first-order valence-electron chi connectivity index (χ1n) is 10.9. The molecule has 0 saturated heterocycles. The van der Waals surface area contributed by atoms with Crippen LogP contribution in [0.5, 0.6) is 5.88 Å². The van der Waals surface area contributed by atoms with E-state index in [0.717, 1.165) is 54.4 Å². The summed E-state index contributed by atoms with van der Waals surface area (Å²) in [7, 11) is 0. The normalized spacial score (nSPS) is 23.8. The fraction of sp³-hybridized carbons (Fsp3) is 0.231.